The standard InChI is InChI=1S/C37H50ClN7O/c1-43(26-19-35(36-14-4-5-20-41-36)32-15-17-33(38)18-16-32)21-6-2-9-24-45(37(40)42-30-39)25-11-27-46-34-13-10-12-31(28-34)29-44-22-7-3-8-23-44/h4-5,10,12-18,20,28,35H,2-3,6-9,11,19,21-27,29H2,1H3,(H2,40,42). The Hall–Kier alpha value is -3.64. The predicted octanol–water partition coefficient (Wildman–Crippen LogP) is 7.12. The minimum Gasteiger partial charge on any atom is -0.494 e. The first-order chi connectivity index (χ1) is 22.5. The third-order valence-electron chi connectivity index (χ3n) is 8.67. The largest absolute Gasteiger partial charge is 0.494 e. The normalized spacial score (nSPS) is 14.0. The summed E-state index contributed by atoms with van der Waals surface area (Å²) in [6, 6.07) is 22.6. The highest BCUT2D eigenvalue weighted by atomic mass is 35.5. The summed E-state index contributed by atoms with van der Waals surface area (Å²) in [6.07, 6.45) is 12.5. The second kappa shape index (κ2) is 19.8. The van der Waals surface area contributed by atoms with Gasteiger partial charge in [0.2, 0.25) is 5.96 Å². The van der Waals surface area contributed by atoms with E-state index in [-0.39, 0.29) is 11.9 Å². The highest BCUT2D eigenvalue weighted by Gasteiger charge is 2.17. The Labute approximate surface area is 280 Å². The molecule has 2 N–H and O–H groups in total. The lowest BCUT2D eigenvalue weighted by atomic mass is 9.92. The van der Waals surface area contributed by atoms with Gasteiger partial charge in [0, 0.05) is 42.5 Å². The molecule has 1 aliphatic rings. The van der Waals surface area contributed by atoms with E-state index in [2.05, 4.69) is 63.5 Å². The molecular formula is C37H50ClN7O. The third kappa shape index (κ3) is 12.3. The number of hydrogen-bond donors (Lipinski definition) is 2. The highest BCUT2D eigenvalue weighted by molar-refractivity contribution is 6.30. The van der Waals surface area contributed by atoms with E-state index >= 15 is 0 Å². The molecule has 1 atom stereocenters. The summed E-state index contributed by atoms with van der Waals surface area (Å²) in [5.74, 6) is 1.28. The fourth-order valence-corrected chi connectivity index (χ4v) is 6.23. The van der Waals surface area contributed by atoms with Crippen molar-refractivity contribution in [3.05, 3.63) is 94.8 Å². The van der Waals surface area contributed by atoms with Crippen molar-refractivity contribution in [2.24, 2.45) is 0 Å². The number of nitrogens with zero attached hydrogens (tertiary/aromatic N) is 5. The molecule has 0 amide bonds. The number of pyridine rings is 1. The van der Waals surface area contributed by atoms with Crippen LogP contribution in [-0.4, -0.2) is 78.6 Å². The van der Waals surface area contributed by atoms with Crippen LogP contribution in [0.3, 0.4) is 0 Å². The van der Waals surface area contributed by atoms with Gasteiger partial charge < -0.3 is 14.5 Å². The number of halogens is 1. The summed E-state index contributed by atoms with van der Waals surface area (Å²) in [5.41, 5.74) is 3.61. The number of nitrogens with one attached hydrogen (secondary N) is 2. The minimum absolute atomic E-state index is 0.158. The number of rotatable bonds is 18. The molecule has 1 aliphatic heterocycles. The molecule has 1 aromatic heterocycles. The zero-order valence-electron chi connectivity index (χ0n) is 27.3. The number of piperidine rings is 1. The molecular weight excluding hydrogens is 594 g/mol. The van der Waals surface area contributed by atoms with Crippen LogP contribution in [-0.2, 0) is 6.54 Å². The van der Waals surface area contributed by atoms with Crippen molar-refractivity contribution in [2.75, 3.05) is 52.9 Å². The van der Waals surface area contributed by atoms with Crippen LogP contribution in [0.2, 0.25) is 5.02 Å². The summed E-state index contributed by atoms with van der Waals surface area (Å²) in [4.78, 5) is 11.5. The van der Waals surface area contributed by atoms with Gasteiger partial charge in [-0.15, -0.1) is 0 Å². The molecule has 9 heteroatoms. The third-order valence-corrected chi connectivity index (χ3v) is 8.92. The number of guanidine groups is 1. The van der Waals surface area contributed by atoms with Crippen molar-refractivity contribution in [3.63, 3.8) is 0 Å². The highest BCUT2D eigenvalue weighted by Crippen LogP contribution is 2.28. The Morgan fingerprint density at radius 1 is 0.978 bits per heavy atom. The second-order valence-corrected chi connectivity index (χ2v) is 12.7. The van der Waals surface area contributed by atoms with E-state index in [1.807, 2.05) is 47.6 Å². The quantitative estimate of drug-likeness (QED) is 0.0501. The number of likely N-dealkylation sites (tertiary alicyclic amines) is 1. The van der Waals surface area contributed by atoms with Gasteiger partial charge in [0.25, 0.3) is 0 Å². The van der Waals surface area contributed by atoms with Gasteiger partial charge in [0.1, 0.15) is 5.75 Å². The molecule has 0 radical (unpaired) electrons. The van der Waals surface area contributed by atoms with E-state index in [1.165, 1.54) is 43.5 Å². The summed E-state index contributed by atoms with van der Waals surface area (Å²) < 4.78 is 6.08. The first-order valence-electron chi connectivity index (χ1n) is 16.8. The topological polar surface area (TPSA) is 91.5 Å². The van der Waals surface area contributed by atoms with Gasteiger partial charge in [-0.1, -0.05) is 54.8 Å². The van der Waals surface area contributed by atoms with Crippen LogP contribution < -0.4 is 10.1 Å². The molecule has 0 bridgehead atoms. The Kier molecular flexibility index (Phi) is 15.1. The number of nitriles is 1. The molecule has 1 unspecified atom stereocenters. The van der Waals surface area contributed by atoms with E-state index in [4.69, 9.17) is 27.0 Å². The Morgan fingerprint density at radius 2 is 1.76 bits per heavy atom. The van der Waals surface area contributed by atoms with Gasteiger partial charge in [0.15, 0.2) is 6.19 Å². The number of benzene rings is 2. The zero-order chi connectivity index (χ0) is 32.4. The molecule has 1 saturated heterocycles. The van der Waals surface area contributed by atoms with Crippen molar-refractivity contribution in [1.82, 2.24) is 25.0 Å². The fraction of sp³-hybridized carbons (Fsp3) is 0.486. The number of unbranched alkanes of at least 4 members (excludes halogenated alkanes) is 2. The molecule has 3 aromatic rings. The maximum Gasteiger partial charge on any atom is 0.204 e. The fourth-order valence-electron chi connectivity index (χ4n) is 6.11. The Balaban J connectivity index is 1.15. The lowest BCUT2D eigenvalue weighted by Gasteiger charge is -2.26. The van der Waals surface area contributed by atoms with Crippen LogP contribution in [0.4, 0.5) is 0 Å². The Morgan fingerprint density at radius 3 is 2.52 bits per heavy atom. The molecule has 1 fully saturated rings. The average Bonchev–Trinajstić information content (AvgIpc) is 3.07. The van der Waals surface area contributed by atoms with Gasteiger partial charge in [-0.05, 0) is 119 Å². The van der Waals surface area contributed by atoms with Gasteiger partial charge in [-0.3, -0.25) is 20.6 Å². The summed E-state index contributed by atoms with van der Waals surface area (Å²) in [7, 11) is 2.18. The average molecular weight is 644 g/mol. The Bertz CT molecular complexity index is 1340. The molecule has 8 nitrogen and oxygen atoms in total. The first kappa shape index (κ1) is 35.2. The molecule has 0 saturated carbocycles. The van der Waals surface area contributed by atoms with Crippen LogP contribution in [0.5, 0.6) is 5.75 Å². The lowest BCUT2D eigenvalue weighted by Crippen LogP contribution is -2.40. The second-order valence-electron chi connectivity index (χ2n) is 12.3. The van der Waals surface area contributed by atoms with E-state index in [9.17, 15) is 0 Å². The summed E-state index contributed by atoms with van der Waals surface area (Å²) >= 11 is 6.15. The lowest BCUT2D eigenvalue weighted by molar-refractivity contribution is 0.220. The molecule has 246 valence electrons. The van der Waals surface area contributed by atoms with Crippen molar-refractivity contribution < 1.29 is 4.74 Å². The number of hydrogen-bond acceptors (Lipinski definition) is 6. The van der Waals surface area contributed by atoms with Crippen molar-refractivity contribution in [1.29, 1.82) is 10.7 Å². The summed E-state index contributed by atoms with van der Waals surface area (Å²) in [6.45, 7) is 7.29. The number of ether oxygens (including phenoxy) is 1. The monoisotopic (exact) mass is 643 g/mol. The van der Waals surface area contributed by atoms with Crippen molar-refractivity contribution >= 4 is 17.6 Å². The molecule has 4 rings (SSSR count). The van der Waals surface area contributed by atoms with E-state index in [1.54, 1.807) is 0 Å². The van der Waals surface area contributed by atoms with Gasteiger partial charge in [0.05, 0.1) is 6.61 Å². The molecule has 2 heterocycles. The maximum atomic E-state index is 9.10. The SMILES string of the molecule is CN(CCCCCN(CCCOc1cccc(CN2CCCCC2)c1)C(=N)NC#N)CCC(c1ccc(Cl)cc1)c1ccccn1. The first-order valence-corrected chi connectivity index (χ1v) is 17.2. The van der Waals surface area contributed by atoms with Crippen LogP contribution in [0.15, 0.2) is 72.9 Å². The van der Waals surface area contributed by atoms with Crippen molar-refractivity contribution in [2.45, 2.75) is 63.8 Å². The van der Waals surface area contributed by atoms with Gasteiger partial charge >= 0.3 is 0 Å². The van der Waals surface area contributed by atoms with E-state index in [0.29, 0.717) is 13.2 Å². The zero-order valence-corrected chi connectivity index (χ0v) is 28.1. The predicted molar refractivity (Wildman–Crippen MR) is 187 cm³/mol. The molecule has 46 heavy (non-hydrogen) atoms. The number of aromatic nitrogens is 1. The smallest absolute Gasteiger partial charge is 0.204 e. The van der Waals surface area contributed by atoms with Crippen LogP contribution in [0.1, 0.15) is 74.1 Å². The van der Waals surface area contributed by atoms with Crippen LogP contribution >= 0.6 is 11.6 Å². The minimum atomic E-state index is 0.158. The maximum absolute atomic E-state index is 9.10. The van der Waals surface area contributed by atoms with E-state index < -0.39 is 0 Å². The van der Waals surface area contributed by atoms with Crippen molar-refractivity contribution in [3.8, 4) is 11.9 Å². The molecule has 0 spiro atoms. The van der Waals surface area contributed by atoms with Gasteiger partial charge in [-0.2, -0.15) is 5.26 Å². The van der Waals surface area contributed by atoms with Crippen LogP contribution in [0.25, 0.3) is 0 Å². The van der Waals surface area contributed by atoms with Gasteiger partial charge in [-0.25, -0.2) is 0 Å². The molecule has 0 aliphatic carbocycles. The molecule has 2 aromatic carbocycles. The van der Waals surface area contributed by atoms with E-state index in [0.717, 1.165) is 74.7 Å². The summed E-state index contributed by atoms with van der Waals surface area (Å²) in [5, 5.41) is 20.7. The van der Waals surface area contributed by atoms with Crippen LogP contribution in [0, 0.1) is 16.9 Å².